The number of methoxy groups -OCH3 is 1. The van der Waals surface area contributed by atoms with Crippen molar-refractivity contribution >= 4 is 29.7 Å². The summed E-state index contributed by atoms with van der Waals surface area (Å²) in [7, 11) is 1.32. The smallest absolute Gasteiger partial charge is 0.337 e. The summed E-state index contributed by atoms with van der Waals surface area (Å²) in [4.78, 5) is 23.3. The monoisotopic (exact) mass is 360 g/mol. The predicted octanol–water partition coefficient (Wildman–Crippen LogP) is 3.04. The van der Waals surface area contributed by atoms with E-state index >= 15 is 0 Å². The lowest BCUT2D eigenvalue weighted by Crippen LogP contribution is -2.33. The number of nitrogens with one attached hydrogen (secondary N) is 1. The van der Waals surface area contributed by atoms with E-state index in [-0.39, 0.29) is 0 Å². The Labute approximate surface area is 150 Å². The molecule has 130 valence electrons. The van der Waals surface area contributed by atoms with Gasteiger partial charge in [-0.25, -0.2) is 10.2 Å². The Kier molecular flexibility index (Phi) is 6.54. The minimum atomic E-state index is -0.739. The van der Waals surface area contributed by atoms with Gasteiger partial charge in [0.2, 0.25) is 0 Å². The Bertz CT molecular complexity index is 775. The van der Waals surface area contributed by atoms with Gasteiger partial charge in [0, 0.05) is 5.02 Å². The molecule has 0 radical (unpaired) electrons. The summed E-state index contributed by atoms with van der Waals surface area (Å²) in [5.41, 5.74) is 3.55. The van der Waals surface area contributed by atoms with Gasteiger partial charge in [0.1, 0.15) is 5.75 Å². The zero-order chi connectivity index (χ0) is 18.2. The quantitative estimate of drug-likeness (QED) is 0.488. The van der Waals surface area contributed by atoms with Crippen molar-refractivity contribution in [2.45, 2.75) is 13.0 Å². The molecule has 25 heavy (non-hydrogen) atoms. The molecule has 1 atom stereocenters. The largest absolute Gasteiger partial charge is 0.481 e. The molecular formula is C18H17ClN2O4. The standard InChI is InChI=1S/C18H17ClN2O4/c1-12(25-16-5-3-4-15(19)10-16)17(22)21-20-11-13-6-8-14(9-7-13)18(23)24-2/h3-12H,1-2H3,(H,21,22). The van der Waals surface area contributed by atoms with E-state index in [1.54, 1.807) is 55.5 Å². The van der Waals surface area contributed by atoms with Crippen molar-refractivity contribution in [1.82, 2.24) is 5.43 Å². The van der Waals surface area contributed by atoms with Crippen molar-refractivity contribution in [3.8, 4) is 5.75 Å². The SMILES string of the molecule is COC(=O)c1ccc(C=NNC(=O)C(C)Oc2cccc(Cl)c2)cc1. The normalized spacial score (nSPS) is 11.8. The van der Waals surface area contributed by atoms with Gasteiger partial charge < -0.3 is 9.47 Å². The summed E-state index contributed by atoms with van der Waals surface area (Å²) in [6.45, 7) is 1.61. The van der Waals surface area contributed by atoms with Crippen LogP contribution in [-0.2, 0) is 9.53 Å². The van der Waals surface area contributed by atoms with Crippen LogP contribution in [0.3, 0.4) is 0 Å². The van der Waals surface area contributed by atoms with E-state index < -0.39 is 18.0 Å². The number of benzene rings is 2. The van der Waals surface area contributed by atoms with Crippen molar-refractivity contribution in [3.05, 3.63) is 64.7 Å². The molecule has 0 aliphatic carbocycles. The Morgan fingerprint density at radius 1 is 1.20 bits per heavy atom. The fraction of sp³-hybridized carbons (Fsp3) is 0.167. The van der Waals surface area contributed by atoms with Crippen molar-refractivity contribution in [3.63, 3.8) is 0 Å². The second-order valence-electron chi connectivity index (χ2n) is 5.07. The lowest BCUT2D eigenvalue weighted by Gasteiger charge is -2.12. The lowest BCUT2D eigenvalue weighted by atomic mass is 10.1. The first-order chi connectivity index (χ1) is 12.0. The molecule has 2 aromatic rings. The molecule has 0 aliphatic rings. The molecule has 0 bridgehead atoms. The Hall–Kier alpha value is -2.86. The summed E-state index contributed by atoms with van der Waals surface area (Å²) in [5, 5.41) is 4.40. The highest BCUT2D eigenvalue weighted by Gasteiger charge is 2.14. The van der Waals surface area contributed by atoms with Crippen LogP contribution in [0.5, 0.6) is 5.75 Å². The van der Waals surface area contributed by atoms with Crippen LogP contribution in [0.25, 0.3) is 0 Å². The maximum atomic E-state index is 12.0. The highest BCUT2D eigenvalue weighted by atomic mass is 35.5. The lowest BCUT2D eigenvalue weighted by molar-refractivity contribution is -0.127. The Morgan fingerprint density at radius 2 is 1.92 bits per heavy atom. The van der Waals surface area contributed by atoms with Crippen molar-refractivity contribution in [2.75, 3.05) is 7.11 Å². The summed E-state index contributed by atoms with van der Waals surface area (Å²) < 4.78 is 10.1. The fourth-order valence-corrected chi connectivity index (χ4v) is 2.06. The van der Waals surface area contributed by atoms with E-state index in [0.29, 0.717) is 16.3 Å². The van der Waals surface area contributed by atoms with Crippen LogP contribution in [-0.4, -0.2) is 31.3 Å². The van der Waals surface area contributed by atoms with Gasteiger partial charge >= 0.3 is 5.97 Å². The minimum absolute atomic E-state index is 0.401. The topological polar surface area (TPSA) is 77.0 Å². The molecular weight excluding hydrogens is 344 g/mol. The molecule has 2 aromatic carbocycles. The van der Waals surface area contributed by atoms with Crippen LogP contribution in [0, 0.1) is 0 Å². The third-order valence-electron chi connectivity index (χ3n) is 3.20. The third-order valence-corrected chi connectivity index (χ3v) is 3.43. The first-order valence-corrected chi connectivity index (χ1v) is 7.81. The molecule has 1 unspecified atom stereocenters. The molecule has 1 N–H and O–H groups in total. The summed E-state index contributed by atoms with van der Waals surface area (Å²) in [6, 6.07) is 13.4. The molecule has 0 spiro atoms. The van der Waals surface area contributed by atoms with Crippen LogP contribution < -0.4 is 10.2 Å². The van der Waals surface area contributed by atoms with Crippen LogP contribution in [0.1, 0.15) is 22.8 Å². The fourth-order valence-electron chi connectivity index (χ4n) is 1.88. The predicted molar refractivity (Wildman–Crippen MR) is 95.1 cm³/mol. The van der Waals surface area contributed by atoms with Gasteiger partial charge in [-0.3, -0.25) is 4.79 Å². The molecule has 0 fully saturated rings. The molecule has 7 heteroatoms. The second kappa shape index (κ2) is 8.84. The van der Waals surface area contributed by atoms with E-state index in [2.05, 4.69) is 15.3 Å². The highest BCUT2D eigenvalue weighted by Crippen LogP contribution is 2.18. The van der Waals surface area contributed by atoms with E-state index in [4.69, 9.17) is 16.3 Å². The number of hydrogen-bond donors (Lipinski definition) is 1. The summed E-state index contributed by atoms with van der Waals surface area (Å²) in [5.74, 6) is -0.316. The van der Waals surface area contributed by atoms with Crippen LogP contribution in [0.4, 0.5) is 0 Å². The third kappa shape index (κ3) is 5.61. The molecule has 1 amide bonds. The number of rotatable bonds is 6. The average Bonchev–Trinajstić information content (AvgIpc) is 2.61. The van der Waals surface area contributed by atoms with Crippen LogP contribution in [0.2, 0.25) is 5.02 Å². The number of carbonyl (C=O) groups excluding carboxylic acids is 2. The van der Waals surface area contributed by atoms with E-state index in [0.717, 1.165) is 5.56 Å². The Balaban J connectivity index is 1.88. The number of esters is 1. The number of ether oxygens (including phenoxy) is 2. The first kappa shape index (κ1) is 18.5. The van der Waals surface area contributed by atoms with Gasteiger partial charge in [0.05, 0.1) is 18.9 Å². The summed E-state index contributed by atoms with van der Waals surface area (Å²) in [6.07, 6.45) is 0.725. The van der Waals surface area contributed by atoms with Gasteiger partial charge in [-0.05, 0) is 42.8 Å². The van der Waals surface area contributed by atoms with E-state index in [1.807, 2.05) is 0 Å². The molecule has 2 rings (SSSR count). The van der Waals surface area contributed by atoms with Crippen molar-refractivity contribution in [1.29, 1.82) is 0 Å². The van der Waals surface area contributed by atoms with Gasteiger partial charge in [0.15, 0.2) is 6.10 Å². The van der Waals surface area contributed by atoms with Crippen LogP contribution >= 0.6 is 11.6 Å². The number of hydrogen-bond acceptors (Lipinski definition) is 5. The molecule has 0 saturated carbocycles. The van der Waals surface area contributed by atoms with E-state index in [1.165, 1.54) is 13.3 Å². The molecule has 0 saturated heterocycles. The Morgan fingerprint density at radius 3 is 2.56 bits per heavy atom. The van der Waals surface area contributed by atoms with Gasteiger partial charge in [-0.2, -0.15) is 5.10 Å². The number of nitrogens with zero attached hydrogens (tertiary/aromatic N) is 1. The molecule has 0 aliphatic heterocycles. The average molecular weight is 361 g/mol. The molecule has 6 nitrogen and oxygen atoms in total. The minimum Gasteiger partial charge on any atom is -0.481 e. The zero-order valence-corrected chi connectivity index (χ0v) is 14.5. The zero-order valence-electron chi connectivity index (χ0n) is 13.7. The van der Waals surface area contributed by atoms with Crippen LogP contribution in [0.15, 0.2) is 53.6 Å². The van der Waals surface area contributed by atoms with E-state index in [9.17, 15) is 9.59 Å². The van der Waals surface area contributed by atoms with Crippen molar-refractivity contribution in [2.24, 2.45) is 5.10 Å². The summed E-state index contributed by atoms with van der Waals surface area (Å²) >= 11 is 5.87. The number of hydrazone groups is 1. The van der Waals surface area contributed by atoms with Gasteiger partial charge in [0.25, 0.3) is 5.91 Å². The maximum absolute atomic E-state index is 12.0. The molecule has 0 heterocycles. The maximum Gasteiger partial charge on any atom is 0.337 e. The molecule has 0 aromatic heterocycles. The number of halogens is 1. The number of carbonyl (C=O) groups is 2. The first-order valence-electron chi connectivity index (χ1n) is 7.43. The van der Waals surface area contributed by atoms with Crippen molar-refractivity contribution < 1.29 is 19.1 Å². The second-order valence-corrected chi connectivity index (χ2v) is 5.50. The number of amides is 1. The van der Waals surface area contributed by atoms with Gasteiger partial charge in [-0.1, -0.05) is 29.8 Å². The highest BCUT2D eigenvalue weighted by molar-refractivity contribution is 6.30. The van der Waals surface area contributed by atoms with Gasteiger partial charge in [-0.15, -0.1) is 0 Å².